The van der Waals surface area contributed by atoms with Gasteiger partial charge in [-0.15, -0.1) is 11.3 Å². The number of rotatable bonds is 8. The molecule has 2 heteroatoms. The van der Waals surface area contributed by atoms with Crippen molar-refractivity contribution in [3.05, 3.63) is 35.2 Å². The zero-order valence-electron chi connectivity index (χ0n) is 12.1. The summed E-state index contributed by atoms with van der Waals surface area (Å²) in [5.41, 5.74) is 1.52. The molecule has 1 unspecified atom stereocenters. The Labute approximate surface area is 121 Å². The van der Waals surface area contributed by atoms with Crippen LogP contribution in [0.15, 0.2) is 29.6 Å². The molecule has 0 fully saturated rings. The number of hydrogen-bond donors (Lipinski definition) is 1. The van der Waals surface area contributed by atoms with Gasteiger partial charge in [0.25, 0.3) is 0 Å². The molecule has 19 heavy (non-hydrogen) atoms. The largest absolute Gasteiger partial charge is 0.314 e. The number of nitrogens with one attached hydrogen (secondary N) is 1. The molecular weight excluding hydrogens is 250 g/mol. The lowest BCUT2D eigenvalue weighted by atomic mass is 10.00. The molecule has 0 radical (unpaired) electrons. The summed E-state index contributed by atoms with van der Waals surface area (Å²) in [7, 11) is 0. The molecule has 0 spiro atoms. The van der Waals surface area contributed by atoms with Gasteiger partial charge in [-0.25, -0.2) is 0 Å². The van der Waals surface area contributed by atoms with Crippen molar-refractivity contribution in [1.82, 2.24) is 5.32 Å². The SMILES string of the molecule is CCCCCC(Cc1csc2ccccc12)NCC. The second-order valence-corrected chi connectivity index (χ2v) is 6.12. The summed E-state index contributed by atoms with van der Waals surface area (Å²) in [6.07, 6.45) is 6.47. The first-order valence-electron chi connectivity index (χ1n) is 7.53. The molecular formula is C17H25NS. The molecule has 104 valence electrons. The normalized spacial score (nSPS) is 12.9. The second-order valence-electron chi connectivity index (χ2n) is 5.21. The summed E-state index contributed by atoms with van der Waals surface area (Å²) in [6.45, 7) is 5.55. The van der Waals surface area contributed by atoms with Crippen LogP contribution in [-0.4, -0.2) is 12.6 Å². The predicted molar refractivity (Wildman–Crippen MR) is 87.1 cm³/mol. The molecule has 0 amide bonds. The fraction of sp³-hybridized carbons (Fsp3) is 0.529. The summed E-state index contributed by atoms with van der Waals surface area (Å²) in [5.74, 6) is 0. The molecule has 0 saturated heterocycles. The molecule has 1 N–H and O–H groups in total. The van der Waals surface area contributed by atoms with Crippen LogP contribution in [0.3, 0.4) is 0 Å². The van der Waals surface area contributed by atoms with E-state index in [4.69, 9.17) is 0 Å². The van der Waals surface area contributed by atoms with Gasteiger partial charge in [0.2, 0.25) is 0 Å². The van der Waals surface area contributed by atoms with Crippen molar-refractivity contribution in [3.8, 4) is 0 Å². The third kappa shape index (κ3) is 4.05. The molecule has 0 aliphatic carbocycles. The van der Waals surface area contributed by atoms with Crippen LogP contribution in [0.25, 0.3) is 10.1 Å². The van der Waals surface area contributed by atoms with Gasteiger partial charge >= 0.3 is 0 Å². The lowest BCUT2D eigenvalue weighted by Crippen LogP contribution is -2.30. The molecule has 1 aromatic carbocycles. The van der Waals surface area contributed by atoms with E-state index in [-0.39, 0.29) is 0 Å². The van der Waals surface area contributed by atoms with Crippen LogP contribution in [0, 0.1) is 0 Å². The van der Waals surface area contributed by atoms with Crippen LogP contribution >= 0.6 is 11.3 Å². The van der Waals surface area contributed by atoms with Crippen LogP contribution in [-0.2, 0) is 6.42 Å². The predicted octanol–water partition coefficient (Wildman–Crippen LogP) is 5.00. The zero-order chi connectivity index (χ0) is 13.5. The van der Waals surface area contributed by atoms with Crippen molar-refractivity contribution in [3.63, 3.8) is 0 Å². The van der Waals surface area contributed by atoms with E-state index >= 15 is 0 Å². The third-order valence-electron chi connectivity index (χ3n) is 3.68. The van der Waals surface area contributed by atoms with Gasteiger partial charge in [-0.05, 0) is 41.8 Å². The Balaban J connectivity index is 2.03. The second kappa shape index (κ2) is 7.66. The summed E-state index contributed by atoms with van der Waals surface area (Å²) in [4.78, 5) is 0. The fourth-order valence-corrected chi connectivity index (χ4v) is 3.64. The summed E-state index contributed by atoms with van der Waals surface area (Å²) in [6, 6.07) is 9.40. The molecule has 0 aliphatic rings. The minimum absolute atomic E-state index is 0.634. The standard InChI is InChI=1S/C17H25NS/c1-3-5-6-9-15(18-4-2)12-14-13-19-17-11-8-7-10-16(14)17/h7-8,10-11,13,15,18H,3-6,9,12H2,1-2H3. The van der Waals surface area contributed by atoms with E-state index in [2.05, 4.69) is 48.8 Å². The van der Waals surface area contributed by atoms with Gasteiger partial charge < -0.3 is 5.32 Å². The van der Waals surface area contributed by atoms with Crippen LogP contribution in [0.2, 0.25) is 0 Å². The van der Waals surface area contributed by atoms with Crippen molar-refractivity contribution >= 4 is 21.4 Å². The molecule has 2 aromatic rings. The van der Waals surface area contributed by atoms with Gasteiger partial charge in [0.1, 0.15) is 0 Å². The van der Waals surface area contributed by atoms with Crippen LogP contribution in [0.1, 0.15) is 45.1 Å². The molecule has 2 rings (SSSR count). The molecule has 1 aromatic heterocycles. The van der Waals surface area contributed by atoms with E-state index in [0.29, 0.717) is 6.04 Å². The van der Waals surface area contributed by atoms with Gasteiger partial charge in [-0.1, -0.05) is 51.3 Å². The van der Waals surface area contributed by atoms with Crippen LogP contribution in [0.4, 0.5) is 0 Å². The first-order chi connectivity index (χ1) is 9.35. The number of hydrogen-bond acceptors (Lipinski definition) is 2. The van der Waals surface area contributed by atoms with E-state index < -0.39 is 0 Å². The zero-order valence-corrected chi connectivity index (χ0v) is 12.9. The highest BCUT2D eigenvalue weighted by atomic mass is 32.1. The van der Waals surface area contributed by atoms with E-state index in [0.717, 1.165) is 6.54 Å². The maximum atomic E-state index is 3.65. The summed E-state index contributed by atoms with van der Waals surface area (Å²) in [5, 5.41) is 7.44. The van der Waals surface area contributed by atoms with Crippen molar-refractivity contribution in [2.75, 3.05) is 6.54 Å². The quantitative estimate of drug-likeness (QED) is 0.668. The maximum Gasteiger partial charge on any atom is 0.0345 e. The number of unbranched alkanes of at least 4 members (excludes halogenated alkanes) is 2. The Morgan fingerprint density at radius 2 is 2.00 bits per heavy atom. The van der Waals surface area contributed by atoms with Gasteiger partial charge in [0, 0.05) is 10.7 Å². The molecule has 1 nitrogen and oxygen atoms in total. The average molecular weight is 275 g/mol. The summed E-state index contributed by atoms with van der Waals surface area (Å²) < 4.78 is 1.42. The Morgan fingerprint density at radius 1 is 1.16 bits per heavy atom. The van der Waals surface area contributed by atoms with Crippen molar-refractivity contribution in [2.45, 2.75) is 52.0 Å². The average Bonchev–Trinajstić information content (AvgIpc) is 2.83. The Morgan fingerprint density at radius 3 is 2.79 bits per heavy atom. The number of likely N-dealkylation sites (N-methyl/N-ethyl adjacent to an activating group) is 1. The fourth-order valence-electron chi connectivity index (χ4n) is 2.66. The first kappa shape index (κ1) is 14.5. The summed E-state index contributed by atoms with van der Waals surface area (Å²) >= 11 is 1.87. The van der Waals surface area contributed by atoms with Crippen LogP contribution < -0.4 is 5.32 Å². The molecule has 0 aliphatic heterocycles. The minimum atomic E-state index is 0.634. The highest BCUT2D eigenvalue weighted by molar-refractivity contribution is 7.17. The maximum absolute atomic E-state index is 3.65. The Kier molecular flexibility index (Phi) is 5.87. The van der Waals surface area contributed by atoms with Crippen LogP contribution in [0.5, 0.6) is 0 Å². The van der Waals surface area contributed by atoms with Gasteiger partial charge in [0.05, 0.1) is 0 Å². The van der Waals surface area contributed by atoms with E-state index in [1.807, 2.05) is 11.3 Å². The first-order valence-corrected chi connectivity index (χ1v) is 8.41. The Bertz CT molecular complexity index is 489. The Hall–Kier alpha value is -0.860. The lowest BCUT2D eigenvalue weighted by molar-refractivity contribution is 0.468. The van der Waals surface area contributed by atoms with Gasteiger partial charge in [0.15, 0.2) is 0 Å². The molecule has 0 saturated carbocycles. The monoisotopic (exact) mass is 275 g/mol. The number of benzene rings is 1. The van der Waals surface area contributed by atoms with Gasteiger partial charge in [-0.3, -0.25) is 0 Å². The third-order valence-corrected chi connectivity index (χ3v) is 4.69. The van der Waals surface area contributed by atoms with E-state index in [1.165, 1.54) is 47.8 Å². The lowest BCUT2D eigenvalue weighted by Gasteiger charge is -2.17. The smallest absolute Gasteiger partial charge is 0.0345 e. The van der Waals surface area contributed by atoms with Crippen molar-refractivity contribution in [2.24, 2.45) is 0 Å². The van der Waals surface area contributed by atoms with E-state index in [1.54, 1.807) is 0 Å². The highest BCUT2D eigenvalue weighted by Gasteiger charge is 2.11. The molecule has 1 heterocycles. The number of fused-ring (bicyclic) bond motifs is 1. The molecule has 0 bridgehead atoms. The minimum Gasteiger partial charge on any atom is -0.314 e. The molecule has 1 atom stereocenters. The number of thiophene rings is 1. The highest BCUT2D eigenvalue weighted by Crippen LogP contribution is 2.27. The van der Waals surface area contributed by atoms with E-state index in [9.17, 15) is 0 Å². The van der Waals surface area contributed by atoms with Crippen molar-refractivity contribution < 1.29 is 0 Å². The van der Waals surface area contributed by atoms with Gasteiger partial charge in [-0.2, -0.15) is 0 Å². The topological polar surface area (TPSA) is 12.0 Å². The van der Waals surface area contributed by atoms with Crippen molar-refractivity contribution in [1.29, 1.82) is 0 Å².